The minimum atomic E-state index is 0.0112. The van der Waals surface area contributed by atoms with Gasteiger partial charge < -0.3 is 14.4 Å². The molecule has 1 amide bonds. The number of benzene rings is 2. The third-order valence-electron chi connectivity index (χ3n) is 3.59. The molecular weight excluding hydrogens is 314 g/mol. The van der Waals surface area contributed by atoms with Gasteiger partial charge in [0.15, 0.2) is 11.5 Å². The number of carbonyl (C=O) groups excluding carboxylic acids is 1. The molecule has 0 N–H and O–H groups in total. The Balaban J connectivity index is 2.05. The highest BCUT2D eigenvalue weighted by atomic mass is 35.5. The van der Waals surface area contributed by atoms with Gasteiger partial charge in [-0.2, -0.15) is 0 Å². The Morgan fingerprint density at radius 2 is 1.78 bits per heavy atom. The van der Waals surface area contributed by atoms with Gasteiger partial charge in [-0.05, 0) is 29.3 Å². The van der Waals surface area contributed by atoms with E-state index in [1.807, 2.05) is 36.4 Å². The molecule has 2 aromatic rings. The molecule has 0 atom stereocenters. The van der Waals surface area contributed by atoms with E-state index in [1.54, 1.807) is 32.2 Å². The van der Waals surface area contributed by atoms with Crippen molar-refractivity contribution in [1.82, 2.24) is 4.90 Å². The average Bonchev–Trinajstić information content (AvgIpc) is 2.56. The number of nitrogens with zero attached hydrogens (tertiary/aromatic N) is 1. The molecule has 5 heteroatoms. The minimum Gasteiger partial charge on any atom is -0.493 e. The van der Waals surface area contributed by atoms with Crippen LogP contribution < -0.4 is 9.47 Å². The average molecular weight is 334 g/mol. The standard InChI is InChI=1S/C18H20ClNO3/c1-20(12-14-6-4-5-7-15(14)19)18(21)11-13-8-9-16(22-2)17(10-13)23-3/h4-10H,11-12H2,1-3H3. The largest absolute Gasteiger partial charge is 0.493 e. The van der Waals surface area contributed by atoms with Crippen LogP contribution in [0.25, 0.3) is 0 Å². The molecule has 0 saturated carbocycles. The highest BCUT2D eigenvalue weighted by Crippen LogP contribution is 2.28. The van der Waals surface area contributed by atoms with Crippen molar-refractivity contribution in [3.63, 3.8) is 0 Å². The summed E-state index contributed by atoms with van der Waals surface area (Å²) < 4.78 is 10.5. The van der Waals surface area contributed by atoms with Gasteiger partial charge in [-0.25, -0.2) is 0 Å². The first-order chi connectivity index (χ1) is 11.0. The van der Waals surface area contributed by atoms with Gasteiger partial charge in [-0.15, -0.1) is 0 Å². The first-order valence-electron chi connectivity index (χ1n) is 7.23. The maximum Gasteiger partial charge on any atom is 0.227 e. The van der Waals surface area contributed by atoms with Crippen LogP contribution in [0.3, 0.4) is 0 Å². The molecule has 0 heterocycles. The van der Waals surface area contributed by atoms with E-state index in [-0.39, 0.29) is 5.91 Å². The zero-order valence-corrected chi connectivity index (χ0v) is 14.3. The summed E-state index contributed by atoms with van der Waals surface area (Å²) in [6.07, 6.45) is 0.293. The van der Waals surface area contributed by atoms with Gasteiger partial charge in [-0.1, -0.05) is 35.9 Å². The van der Waals surface area contributed by atoms with Crippen molar-refractivity contribution in [3.05, 3.63) is 58.6 Å². The van der Waals surface area contributed by atoms with E-state index in [0.29, 0.717) is 29.5 Å². The Kier molecular flexibility index (Phi) is 5.88. The van der Waals surface area contributed by atoms with E-state index in [4.69, 9.17) is 21.1 Å². The van der Waals surface area contributed by atoms with Gasteiger partial charge in [-0.3, -0.25) is 4.79 Å². The maximum atomic E-state index is 12.4. The fourth-order valence-corrected chi connectivity index (χ4v) is 2.47. The molecule has 23 heavy (non-hydrogen) atoms. The molecule has 0 aromatic heterocycles. The van der Waals surface area contributed by atoms with E-state index in [1.165, 1.54) is 0 Å². The number of hydrogen-bond acceptors (Lipinski definition) is 3. The van der Waals surface area contributed by atoms with E-state index < -0.39 is 0 Å². The summed E-state index contributed by atoms with van der Waals surface area (Å²) in [5.41, 5.74) is 1.80. The second kappa shape index (κ2) is 7.88. The molecule has 0 aliphatic carbocycles. The van der Waals surface area contributed by atoms with Crippen molar-refractivity contribution in [2.24, 2.45) is 0 Å². The van der Waals surface area contributed by atoms with Crippen LogP contribution in [0.2, 0.25) is 5.02 Å². The van der Waals surface area contributed by atoms with Crippen LogP contribution >= 0.6 is 11.6 Å². The highest BCUT2D eigenvalue weighted by molar-refractivity contribution is 6.31. The van der Waals surface area contributed by atoms with Crippen LogP contribution in [0, 0.1) is 0 Å². The number of amides is 1. The molecule has 0 bridgehead atoms. The monoisotopic (exact) mass is 333 g/mol. The Morgan fingerprint density at radius 1 is 1.09 bits per heavy atom. The van der Waals surface area contributed by atoms with Crippen LogP contribution in [0.5, 0.6) is 11.5 Å². The lowest BCUT2D eigenvalue weighted by Gasteiger charge is -2.18. The maximum absolute atomic E-state index is 12.4. The molecular formula is C18H20ClNO3. The smallest absolute Gasteiger partial charge is 0.227 e. The quantitative estimate of drug-likeness (QED) is 0.811. The van der Waals surface area contributed by atoms with Crippen LogP contribution in [-0.4, -0.2) is 32.1 Å². The first-order valence-corrected chi connectivity index (χ1v) is 7.61. The second-order valence-corrected chi connectivity index (χ2v) is 5.61. The predicted molar refractivity (Wildman–Crippen MR) is 91.2 cm³/mol. The molecule has 0 spiro atoms. The van der Waals surface area contributed by atoms with Crippen LogP contribution in [0.4, 0.5) is 0 Å². The highest BCUT2D eigenvalue weighted by Gasteiger charge is 2.13. The Morgan fingerprint density at radius 3 is 2.43 bits per heavy atom. The van der Waals surface area contributed by atoms with Gasteiger partial charge in [0.25, 0.3) is 0 Å². The Labute approximate surface area is 141 Å². The zero-order chi connectivity index (χ0) is 16.8. The summed E-state index contributed by atoms with van der Waals surface area (Å²) >= 11 is 6.14. The summed E-state index contributed by atoms with van der Waals surface area (Å²) in [6.45, 7) is 0.478. The number of ether oxygens (including phenoxy) is 2. The van der Waals surface area contributed by atoms with Crippen molar-refractivity contribution in [2.75, 3.05) is 21.3 Å². The number of rotatable bonds is 6. The third kappa shape index (κ3) is 4.39. The molecule has 2 aromatic carbocycles. The molecule has 122 valence electrons. The zero-order valence-electron chi connectivity index (χ0n) is 13.5. The lowest BCUT2D eigenvalue weighted by Crippen LogP contribution is -2.27. The Hall–Kier alpha value is -2.20. The normalized spacial score (nSPS) is 10.3. The topological polar surface area (TPSA) is 38.8 Å². The molecule has 0 fully saturated rings. The molecule has 0 unspecified atom stereocenters. The second-order valence-electron chi connectivity index (χ2n) is 5.21. The number of hydrogen-bond donors (Lipinski definition) is 0. The minimum absolute atomic E-state index is 0.0112. The molecule has 0 radical (unpaired) electrons. The van der Waals surface area contributed by atoms with E-state index in [0.717, 1.165) is 11.1 Å². The lowest BCUT2D eigenvalue weighted by molar-refractivity contribution is -0.129. The number of likely N-dealkylation sites (N-methyl/N-ethyl adjacent to an activating group) is 1. The third-order valence-corrected chi connectivity index (χ3v) is 3.96. The summed E-state index contributed by atoms with van der Waals surface area (Å²) in [7, 11) is 4.93. The SMILES string of the molecule is COc1ccc(CC(=O)N(C)Cc2ccccc2Cl)cc1OC. The number of carbonyl (C=O) groups is 1. The van der Waals surface area contributed by atoms with E-state index >= 15 is 0 Å². The summed E-state index contributed by atoms with van der Waals surface area (Å²) in [4.78, 5) is 14.1. The van der Waals surface area contributed by atoms with Gasteiger partial charge in [0.2, 0.25) is 5.91 Å². The van der Waals surface area contributed by atoms with Crippen LogP contribution in [-0.2, 0) is 17.8 Å². The lowest BCUT2D eigenvalue weighted by atomic mass is 10.1. The Bertz CT molecular complexity index is 688. The molecule has 0 saturated heterocycles. The summed E-state index contributed by atoms with van der Waals surface area (Å²) in [5.74, 6) is 1.27. The summed E-state index contributed by atoms with van der Waals surface area (Å²) in [6, 6.07) is 13.0. The van der Waals surface area contributed by atoms with Gasteiger partial charge in [0.05, 0.1) is 20.6 Å². The number of halogens is 1. The van der Waals surface area contributed by atoms with Gasteiger partial charge >= 0.3 is 0 Å². The predicted octanol–water partition coefficient (Wildman–Crippen LogP) is 3.56. The molecule has 4 nitrogen and oxygen atoms in total. The number of methoxy groups -OCH3 is 2. The van der Waals surface area contributed by atoms with Crippen molar-refractivity contribution in [1.29, 1.82) is 0 Å². The van der Waals surface area contributed by atoms with Gasteiger partial charge in [0.1, 0.15) is 0 Å². The van der Waals surface area contributed by atoms with Crippen molar-refractivity contribution in [3.8, 4) is 11.5 Å². The van der Waals surface area contributed by atoms with Crippen molar-refractivity contribution in [2.45, 2.75) is 13.0 Å². The fraction of sp³-hybridized carbons (Fsp3) is 0.278. The van der Waals surface area contributed by atoms with Crippen molar-refractivity contribution >= 4 is 17.5 Å². The van der Waals surface area contributed by atoms with Gasteiger partial charge in [0, 0.05) is 18.6 Å². The summed E-state index contributed by atoms with van der Waals surface area (Å²) in [5, 5.41) is 0.665. The van der Waals surface area contributed by atoms with E-state index in [2.05, 4.69) is 0 Å². The first kappa shape index (κ1) is 17.2. The van der Waals surface area contributed by atoms with E-state index in [9.17, 15) is 4.79 Å². The molecule has 0 aliphatic rings. The van der Waals surface area contributed by atoms with Crippen molar-refractivity contribution < 1.29 is 14.3 Å². The van der Waals surface area contributed by atoms with Crippen LogP contribution in [0.15, 0.2) is 42.5 Å². The molecule has 0 aliphatic heterocycles. The molecule has 2 rings (SSSR count). The van der Waals surface area contributed by atoms with Crippen LogP contribution in [0.1, 0.15) is 11.1 Å². The fourth-order valence-electron chi connectivity index (χ4n) is 2.27.